The molecule has 0 spiro atoms. The van der Waals surface area contributed by atoms with Crippen LogP contribution in [0.2, 0.25) is 0 Å². The molecule has 0 unspecified atom stereocenters. The molecule has 180 valence electrons. The van der Waals surface area contributed by atoms with Gasteiger partial charge in [-0.15, -0.1) is 0 Å². The Bertz CT molecular complexity index is 1170. The highest BCUT2D eigenvalue weighted by Gasteiger charge is 2.50. The van der Waals surface area contributed by atoms with E-state index in [4.69, 9.17) is 4.74 Å². The number of benzene rings is 2. The molecule has 4 aliphatic rings. The van der Waals surface area contributed by atoms with Crippen LogP contribution in [0, 0.1) is 29.6 Å². The van der Waals surface area contributed by atoms with Gasteiger partial charge in [-0.1, -0.05) is 6.07 Å². The van der Waals surface area contributed by atoms with Crippen molar-refractivity contribution in [2.75, 3.05) is 11.8 Å². The van der Waals surface area contributed by atoms with Gasteiger partial charge >= 0.3 is 0 Å². The lowest BCUT2D eigenvalue weighted by Gasteiger charge is -2.53. The van der Waals surface area contributed by atoms with Crippen LogP contribution in [0.3, 0.4) is 0 Å². The minimum Gasteiger partial charge on any atom is -0.497 e. The summed E-state index contributed by atoms with van der Waals surface area (Å²) < 4.78 is 33.2. The first-order valence-corrected chi connectivity index (χ1v) is 13.2. The third kappa shape index (κ3) is 4.49. The van der Waals surface area contributed by atoms with Crippen molar-refractivity contribution in [1.29, 1.82) is 0 Å². The van der Waals surface area contributed by atoms with Crippen molar-refractivity contribution in [2.45, 2.75) is 37.0 Å². The van der Waals surface area contributed by atoms with Gasteiger partial charge < -0.3 is 4.74 Å². The lowest BCUT2D eigenvalue weighted by Crippen LogP contribution is -2.54. The van der Waals surface area contributed by atoms with E-state index >= 15 is 0 Å². The standard InChI is InChI=1S/C25H29N3O5S/c1-33-21-7-5-20(6-8-21)28-34(31,32)22-4-2-3-17(14-22)24(29)26-27-25(30)23-18-10-15-9-16(12-18)13-19(23)11-15/h2-8,14-16,18-19,23,28H,9-13H2,1H3,(H,26,29)(H,27,30). The quantitative estimate of drug-likeness (QED) is 0.546. The Kier molecular flexibility index (Phi) is 5.97. The number of hydrazine groups is 1. The van der Waals surface area contributed by atoms with Crippen LogP contribution in [0.4, 0.5) is 5.69 Å². The van der Waals surface area contributed by atoms with Crippen molar-refractivity contribution in [1.82, 2.24) is 10.9 Å². The molecule has 9 heteroatoms. The van der Waals surface area contributed by atoms with E-state index in [2.05, 4.69) is 15.6 Å². The van der Waals surface area contributed by atoms with Crippen LogP contribution in [0.15, 0.2) is 53.4 Å². The molecule has 0 heterocycles. The second kappa shape index (κ2) is 8.94. The van der Waals surface area contributed by atoms with E-state index in [9.17, 15) is 18.0 Å². The fourth-order valence-corrected chi connectivity index (χ4v) is 7.41. The van der Waals surface area contributed by atoms with Crippen molar-refractivity contribution in [3.63, 3.8) is 0 Å². The van der Waals surface area contributed by atoms with Crippen molar-refractivity contribution in [3.8, 4) is 5.75 Å². The van der Waals surface area contributed by atoms with Gasteiger partial charge in [0.15, 0.2) is 0 Å². The van der Waals surface area contributed by atoms with E-state index in [0.29, 0.717) is 23.3 Å². The van der Waals surface area contributed by atoms with Gasteiger partial charge in [0.05, 0.1) is 12.0 Å². The van der Waals surface area contributed by atoms with Crippen LogP contribution < -0.4 is 20.3 Å². The van der Waals surface area contributed by atoms with Crippen LogP contribution >= 0.6 is 0 Å². The van der Waals surface area contributed by atoms with Crippen molar-refractivity contribution < 1.29 is 22.7 Å². The molecule has 4 saturated carbocycles. The molecule has 6 rings (SSSR count). The van der Waals surface area contributed by atoms with E-state index < -0.39 is 15.9 Å². The van der Waals surface area contributed by atoms with Crippen molar-refractivity contribution in [2.24, 2.45) is 29.6 Å². The first-order valence-electron chi connectivity index (χ1n) is 11.7. The summed E-state index contributed by atoms with van der Waals surface area (Å²) in [6.45, 7) is 0. The minimum absolute atomic E-state index is 0.0477. The topological polar surface area (TPSA) is 114 Å². The number of methoxy groups -OCH3 is 1. The molecule has 0 radical (unpaired) electrons. The average molecular weight is 484 g/mol. The molecule has 2 aromatic carbocycles. The average Bonchev–Trinajstić information content (AvgIpc) is 2.82. The summed E-state index contributed by atoms with van der Waals surface area (Å²) in [5, 5.41) is 0. The second-order valence-corrected chi connectivity index (χ2v) is 11.4. The van der Waals surface area contributed by atoms with Gasteiger partial charge in [0.25, 0.3) is 15.9 Å². The predicted molar refractivity (Wildman–Crippen MR) is 126 cm³/mol. The Morgan fingerprint density at radius 1 is 0.882 bits per heavy atom. The Balaban J connectivity index is 1.22. The monoisotopic (exact) mass is 483 g/mol. The Labute approximate surface area is 199 Å². The zero-order chi connectivity index (χ0) is 23.9. The molecule has 4 fully saturated rings. The molecule has 4 aliphatic carbocycles. The summed E-state index contributed by atoms with van der Waals surface area (Å²) in [5.41, 5.74) is 5.60. The Hall–Kier alpha value is -3.07. The first kappa shape index (κ1) is 22.7. The molecule has 2 amide bonds. The highest BCUT2D eigenvalue weighted by molar-refractivity contribution is 7.92. The molecule has 34 heavy (non-hydrogen) atoms. The number of ether oxygens (including phenoxy) is 1. The normalized spacial score (nSPS) is 27.1. The number of rotatable bonds is 6. The van der Waals surface area contributed by atoms with Gasteiger partial charge in [0.2, 0.25) is 5.91 Å². The number of hydrogen-bond donors (Lipinski definition) is 3. The molecule has 3 N–H and O–H groups in total. The molecule has 4 bridgehead atoms. The molecule has 8 nitrogen and oxygen atoms in total. The van der Waals surface area contributed by atoms with Crippen LogP contribution in [0.5, 0.6) is 5.75 Å². The van der Waals surface area contributed by atoms with Gasteiger partial charge in [-0.2, -0.15) is 0 Å². The van der Waals surface area contributed by atoms with E-state index in [1.807, 2.05) is 0 Å². The molecule has 2 aromatic rings. The van der Waals surface area contributed by atoms with E-state index in [1.165, 1.54) is 37.8 Å². The third-order valence-electron chi connectivity index (χ3n) is 7.58. The molecule has 0 aromatic heterocycles. The summed E-state index contributed by atoms with van der Waals surface area (Å²) in [5.74, 6) is 2.21. The molecule has 0 aliphatic heterocycles. The summed E-state index contributed by atoms with van der Waals surface area (Å²) in [6.07, 6.45) is 5.76. The van der Waals surface area contributed by atoms with Gasteiger partial charge in [-0.05, 0) is 98.2 Å². The molecule has 0 atom stereocenters. The van der Waals surface area contributed by atoms with Crippen LogP contribution in [-0.2, 0) is 14.8 Å². The molecular weight excluding hydrogens is 454 g/mol. The smallest absolute Gasteiger partial charge is 0.269 e. The predicted octanol–water partition coefficient (Wildman–Crippen LogP) is 3.33. The van der Waals surface area contributed by atoms with Gasteiger partial charge in [0, 0.05) is 17.2 Å². The number of amides is 2. The van der Waals surface area contributed by atoms with Crippen molar-refractivity contribution >= 4 is 27.5 Å². The molecule has 0 saturated heterocycles. The fourth-order valence-electron chi connectivity index (χ4n) is 6.30. The number of sulfonamides is 1. The van der Waals surface area contributed by atoms with Crippen LogP contribution in [0.25, 0.3) is 0 Å². The summed E-state index contributed by atoms with van der Waals surface area (Å²) in [6, 6.07) is 12.2. The van der Waals surface area contributed by atoms with Crippen LogP contribution in [-0.4, -0.2) is 27.3 Å². The van der Waals surface area contributed by atoms with E-state index in [0.717, 1.165) is 37.5 Å². The maximum absolute atomic E-state index is 12.9. The van der Waals surface area contributed by atoms with Gasteiger partial charge in [-0.3, -0.25) is 25.2 Å². The van der Waals surface area contributed by atoms with Crippen LogP contribution in [0.1, 0.15) is 42.5 Å². The minimum atomic E-state index is -3.91. The maximum Gasteiger partial charge on any atom is 0.269 e. The van der Waals surface area contributed by atoms with Crippen molar-refractivity contribution in [3.05, 3.63) is 54.1 Å². The lowest BCUT2D eigenvalue weighted by molar-refractivity contribution is -0.138. The first-order chi connectivity index (χ1) is 16.3. The highest BCUT2D eigenvalue weighted by atomic mass is 32.2. The third-order valence-corrected chi connectivity index (χ3v) is 8.96. The number of carbonyl (C=O) groups is 2. The number of nitrogens with one attached hydrogen (secondary N) is 3. The summed E-state index contributed by atoms with van der Waals surface area (Å²) >= 11 is 0. The Morgan fingerprint density at radius 3 is 2.15 bits per heavy atom. The number of hydrogen-bond acceptors (Lipinski definition) is 5. The second-order valence-electron chi connectivity index (χ2n) is 9.76. The zero-order valence-corrected chi connectivity index (χ0v) is 19.8. The highest BCUT2D eigenvalue weighted by Crippen LogP contribution is 2.56. The number of anilines is 1. The largest absolute Gasteiger partial charge is 0.497 e. The van der Waals surface area contributed by atoms with Gasteiger partial charge in [0.1, 0.15) is 5.75 Å². The SMILES string of the molecule is COc1ccc(NS(=O)(=O)c2cccc(C(=O)NNC(=O)C3C4CC5CC(C4)CC3C5)c2)cc1. The fraction of sp³-hybridized carbons (Fsp3) is 0.440. The number of carbonyl (C=O) groups excluding carboxylic acids is 2. The lowest BCUT2D eigenvalue weighted by atomic mass is 9.52. The maximum atomic E-state index is 12.9. The van der Waals surface area contributed by atoms with Gasteiger partial charge in [-0.25, -0.2) is 8.42 Å². The zero-order valence-electron chi connectivity index (χ0n) is 19.0. The summed E-state index contributed by atoms with van der Waals surface area (Å²) in [7, 11) is -2.38. The van der Waals surface area contributed by atoms with E-state index in [-0.39, 0.29) is 22.3 Å². The summed E-state index contributed by atoms with van der Waals surface area (Å²) in [4.78, 5) is 25.5. The molecular formula is C25H29N3O5S. The Morgan fingerprint density at radius 2 is 1.53 bits per heavy atom. The van der Waals surface area contributed by atoms with E-state index in [1.54, 1.807) is 24.3 Å².